The van der Waals surface area contributed by atoms with E-state index in [0.29, 0.717) is 11.8 Å². The minimum absolute atomic E-state index is 0.00921. The second-order valence-corrected chi connectivity index (χ2v) is 22.3. The number of hydrogen-bond acceptors (Lipinski definition) is 2. The van der Waals surface area contributed by atoms with Crippen molar-refractivity contribution in [2.75, 3.05) is 9.80 Å². The molecule has 8 aromatic carbocycles. The van der Waals surface area contributed by atoms with E-state index >= 15 is 0 Å². The molecule has 66 heavy (non-hydrogen) atoms. The lowest BCUT2D eigenvalue weighted by atomic mass is 9.74. The van der Waals surface area contributed by atoms with E-state index in [4.69, 9.17) is 0 Å². The lowest BCUT2D eigenvalue weighted by Gasteiger charge is -2.33. The van der Waals surface area contributed by atoms with Crippen LogP contribution in [0.25, 0.3) is 32.7 Å². The number of hydrogen-bond donors (Lipinski definition) is 0. The normalized spacial score (nSPS) is 17.7. The summed E-state index contributed by atoms with van der Waals surface area (Å²) in [6.07, 6.45) is 9.28. The van der Waals surface area contributed by atoms with Gasteiger partial charge in [-0.15, -0.1) is 0 Å². The van der Waals surface area contributed by atoms with Gasteiger partial charge < -0.3 is 9.80 Å². The quantitative estimate of drug-likeness (QED) is 0.154. The van der Waals surface area contributed by atoms with Crippen molar-refractivity contribution >= 4 is 55.7 Å². The highest BCUT2D eigenvalue weighted by Crippen LogP contribution is 2.55. The van der Waals surface area contributed by atoms with Crippen LogP contribution in [0.3, 0.4) is 0 Å². The highest BCUT2D eigenvalue weighted by Gasteiger charge is 2.45. The third-order valence-corrected chi connectivity index (χ3v) is 15.3. The van der Waals surface area contributed by atoms with Gasteiger partial charge in [0.1, 0.15) is 0 Å². The third kappa shape index (κ3) is 6.51. The molecule has 0 spiro atoms. The molecule has 11 rings (SSSR count). The summed E-state index contributed by atoms with van der Waals surface area (Å²) < 4.78 is 0. The molecule has 0 saturated carbocycles. The Hall–Kier alpha value is -6.64. The molecule has 3 aliphatic carbocycles. The first-order chi connectivity index (χ1) is 31.5. The summed E-state index contributed by atoms with van der Waals surface area (Å²) in [7, 11) is 0. The van der Waals surface area contributed by atoms with E-state index in [1.165, 1.54) is 77.4 Å². The summed E-state index contributed by atoms with van der Waals surface area (Å²) in [4.78, 5) is 4.95. The van der Waals surface area contributed by atoms with Crippen molar-refractivity contribution in [1.82, 2.24) is 0 Å². The molecule has 0 amide bonds. The van der Waals surface area contributed by atoms with Gasteiger partial charge >= 0.3 is 0 Å². The largest absolute Gasteiger partial charge is 0.310 e. The third-order valence-electron chi connectivity index (χ3n) is 15.3. The molecule has 8 aromatic rings. The second kappa shape index (κ2) is 14.9. The van der Waals surface area contributed by atoms with E-state index in [2.05, 4.69) is 261 Å². The number of fused-ring (bicyclic) bond motifs is 8. The molecule has 328 valence electrons. The molecule has 0 saturated heterocycles. The van der Waals surface area contributed by atoms with Crippen molar-refractivity contribution in [1.29, 1.82) is 0 Å². The van der Waals surface area contributed by atoms with Gasteiger partial charge in [0, 0.05) is 45.5 Å². The van der Waals surface area contributed by atoms with Gasteiger partial charge in [0.05, 0.1) is 0 Å². The Morgan fingerprint density at radius 1 is 0.394 bits per heavy atom. The fraction of sp³-hybridized carbons (Fsp3) is 0.250. The zero-order chi connectivity index (χ0) is 45.9. The van der Waals surface area contributed by atoms with Crippen molar-refractivity contribution in [3.8, 4) is 11.1 Å². The molecule has 3 aliphatic rings. The van der Waals surface area contributed by atoms with Gasteiger partial charge in [-0.05, 0) is 161 Å². The molecule has 0 N–H and O–H groups in total. The number of para-hydroxylation sites is 2. The Bertz CT molecular complexity index is 3280. The topological polar surface area (TPSA) is 6.48 Å². The van der Waals surface area contributed by atoms with Crippen molar-refractivity contribution in [3.05, 3.63) is 215 Å². The lowest BCUT2D eigenvalue weighted by molar-refractivity contribution is 0.394. The molecule has 2 unspecified atom stereocenters. The van der Waals surface area contributed by atoms with Gasteiger partial charge in [0.15, 0.2) is 0 Å². The Morgan fingerprint density at radius 3 is 1.42 bits per heavy atom. The molecule has 2 atom stereocenters. The predicted octanol–water partition coefficient (Wildman–Crippen LogP) is 18.0. The van der Waals surface area contributed by atoms with Crippen LogP contribution in [0, 0.1) is 5.92 Å². The zero-order valence-corrected chi connectivity index (χ0v) is 40.4. The van der Waals surface area contributed by atoms with Gasteiger partial charge in [-0.25, -0.2) is 0 Å². The summed E-state index contributed by atoms with van der Waals surface area (Å²) in [6, 6.07) is 59.8. The average molecular weight is 859 g/mol. The summed E-state index contributed by atoms with van der Waals surface area (Å²) in [5, 5.41) is 5.25. The Labute approximate surface area is 393 Å². The second-order valence-electron chi connectivity index (χ2n) is 22.3. The summed E-state index contributed by atoms with van der Waals surface area (Å²) >= 11 is 0. The molecular formula is C64H62N2. The van der Waals surface area contributed by atoms with E-state index in [1.54, 1.807) is 0 Å². The van der Waals surface area contributed by atoms with Crippen LogP contribution >= 0.6 is 0 Å². The number of nitrogens with zero attached hydrogens (tertiary/aromatic N) is 2. The van der Waals surface area contributed by atoms with Crippen LogP contribution < -0.4 is 9.80 Å². The Morgan fingerprint density at radius 2 is 0.848 bits per heavy atom. The van der Waals surface area contributed by atoms with Crippen LogP contribution in [-0.4, -0.2) is 0 Å². The minimum Gasteiger partial charge on any atom is -0.310 e. The van der Waals surface area contributed by atoms with Gasteiger partial charge in [-0.2, -0.15) is 0 Å². The first kappa shape index (κ1) is 42.0. The molecule has 0 radical (unpaired) electrons. The van der Waals surface area contributed by atoms with Gasteiger partial charge in [-0.3, -0.25) is 0 Å². The van der Waals surface area contributed by atoms with E-state index in [-0.39, 0.29) is 21.7 Å². The van der Waals surface area contributed by atoms with E-state index in [1.807, 2.05) is 0 Å². The van der Waals surface area contributed by atoms with E-state index in [9.17, 15) is 0 Å². The van der Waals surface area contributed by atoms with Crippen LogP contribution in [0.15, 0.2) is 182 Å². The minimum atomic E-state index is -0.183. The molecule has 0 aromatic heterocycles. The molecule has 2 heteroatoms. The number of anilines is 6. The number of rotatable bonds is 6. The predicted molar refractivity (Wildman–Crippen MR) is 283 cm³/mol. The zero-order valence-electron chi connectivity index (χ0n) is 40.4. The summed E-state index contributed by atoms with van der Waals surface area (Å²) in [6.45, 7) is 23.9. The molecule has 2 nitrogen and oxygen atoms in total. The number of allylic oxidation sites excluding steroid dienone is 4. The molecule has 0 fully saturated rings. The summed E-state index contributed by atoms with van der Waals surface area (Å²) in [5.41, 5.74) is 17.6. The Balaban J connectivity index is 1.14. The number of benzene rings is 8. The lowest BCUT2D eigenvalue weighted by Crippen LogP contribution is -2.24. The maximum absolute atomic E-state index is 2.50. The molecular weight excluding hydrogens is 797 g/mol. The maximum Gasteiger partial charge on any atom is 0.0468 e. The van der Waals surface area contributed by atoms with Crippen molar-refractivity contribution < 1.29 is 0 Å². The van der Waals surface area contributed by atoms with Crippen LogP contribution in [0.1, 0.15) is 109 Å². The van der Waals surface area contributed by atoms with Crippen LogP contribution in [0.4, 0.5) is 34.1 Å². The Kier molecular flexibility index (Phi) is 9.51. The maximum atomic E-state index is 2.50. The highest BCUT2D eigenvalue weighted by atomic mass is 15.1. The SMILES string of the molecule is CC(C)(C)c1c2ccc(N(c3ccccc3)c3ccc4c(c3)C(C)(C)c3ccccc3-4)cc2c(C(C)(C)C)c2cc(N(c3ccccc3)c3ccc4c(c3)C(C)(C)C3C=CC=CC43)ccc12. The first-order valence-corrected chi connectivity index (χ1v) is 24.0. The molecule has 0 heterocycles. The van der Waals surface area contributed by atoms with Crippen LogP contribution in [0.5, 0.6) is 0 Å². The average Bonchev–Trinajstić information content (AvgIpc) is 3.67. The monoisotopic (exact) mass is 858 g/mol. The van der Waals surface area contributed by atoms with Gasteiger partial charge in [0.25, 0.3) is 0 Å². The van der Waals surface area contributed by atoms with Gasteiger partial charge in [-0.1, -0.05) is 178 Å². The smallest absolute Gasteiger partial charge is 0.0468 e. The van der Waals surface area contributed by atoms with E-state index in [0.717, 1.165) is 22.7 Å². The van der Waals surface area contributed by atoms with Crippen LogP contribution in [-0.2, 0) is 21.7 Å². The molecule has 0 aliphatic heterocycles. The van der Waals surface area contributed by atoms with Gasteiger partial charge in [0.2, 0.25) is 0 Å². The molecule has 0 bridgehead atoms. The first-order valence-electron chi connectivity index (χ1n) is 24.0. The van der Waals surface area contributed by atoms with Crippen molar-refractivity contribution in [3.63, 3.8) is 0 Å². The standard InChI is InChI=1S/C64H62N2/c1-61(2,3)59-51-35-31-43(65(41-21-13-11-14-22-41)45-29-33-49-47-25-17-19-27-55(47)63(7,8)57(49)39-45)37-53(51)60(62(4,5)6)54-38-44(32-36-52(54)59)66(42-23-15-12-16-24-42)46-30-34-50-48-26-18-20-28-56(48)64(9,10)58(50)40-46/h11-40,47,55H,1-10H3. The van der Waals surface area contributed by atoms with Crippen LogP contribution in [0.2, 0.25) is 0 Å². The van der Waals surface area contributed by atoms with Crippen molar-refractivity contribution in [2.45, 2.75) is 96.8 Å². The highest BCUT2D eigenvalue weighted by molar-refractivity contribution is 6.10. The fourth-order valence-corrected chi connectivity index (χ4v) is 12.3. The van der Waals surface area contributed by atoms with Crippen molar-refractivity contribution in [2.24, 2.45) is 5.92 Å². The van der Waals surface area contributed by atoms with E-state index < -0.39 is 0 Å². The summed E-state index contributed by atoms with van der Waals surface area (Å²) in [5.74, 6) is 0.860. The fourth-order valence-electron chi connectivity index (χ4n) is 12.3.